The summed E-state index contributed by atoms with van der Waals surface area (Å²) in [6.45, 7) is 0. The normalized spacial score (nSPS) is 11.8. The first-order chi connectivity index (χ1) is 23.3. The van der Waals surface area contributed by atoms with Crippen molar-refractivity contribution in [3.8, 4) is 11.1 Å². The smallest absolute Gasteiger partial charge is 0.0547 e. The van der Waals surface area contributed by atoms with Crippen LogP contribution in [0.2, 0.25) is 0 Å². The summed E-state index contributed by atoms with van der Waals surface area (Å²) < 4.78 is 5.33. The number of nitrogens with zero attached hydrogens (tertiary/aromatic N) is 1. The van der Waals surface area contributed by atoms with E-state index in [9.17, 15) is 0 Å². The molecule has 0 N–H and O–H groups in total. The summed E-state index contributed by atoms with van der Waals surface area (Å²) in [5, 5.41) is 10.3. The molecule has 0 atom stereocenters. The molecule has 0 aliphatic carbocycles. The average Bonchev–Trinajstić information content (AvgIpc) is 3.71. The van der Waals surface area contributed by atoms with Crippen LogP contribution in [0.15, 0.2) is 164 Å². The molecule has 8 aromatic carbocycles. The van der Waals surface area contributed by atoms with Gasteiger partial charge in [0.25, 0.3) is 0 Å². The van der Waals surface area contributed by atoms with Gasteiger partial charge in [0.15, 0.2) is 0 Å². The van der Waals surface area contributed by atoms with Crippen LogP contribution in [0, 0.1) is 0 Å². The highest BCUT2D eigenvalue weighted by Gasteiger charge is 2.21. The minimum absolute atomic E-state index is 1.14. The molecule has 0 amide bonds. The fourth-order valence-corrected chi connectivity index (χ4v) is 9.73. The molecule has 0 saturated carbocycles. The summed E-state index contributed by atoms with van der Waals surface area (Å²) in [6.07, 6.45) is 0. The van der Waals surface area contributed by atoms with E-state index in [4.69, 9.17) is 0 Å². The molecular weight excluding hydrogens is 607 g/mol. The van der Waals surface area contributed by atoms with Gasteiger partial charge in [-0.15, -0.1) is 22.7 Å². The minimum Gasteiger partial charge on any atom is -0.309 e. The quantitative estimate of drug-likeness (QED) is 0.186. The molecule has 2 heterocycles. The van der Waals surface area contributed by atoms with Crippen molar-refractivity contribution in [2.24, 2.45) is 0 Å². The molecule has 0 bridgehead atoms. The van der Waals surface area contributed by atoms with Crippen LogP contribution in [0.1, 0.15) is 0 Å². The van der Waals surface area contributed by atoms with Crippen molar-refractivity contribution < 1.29 is 0 Å². The SMILES string of the molecule is c1ccc(N(c2cccc3ccccc23)c2cc3c4cc(-c5cccc6c5sc5ccccc56)ccc4sc3c3ccccc23)cc1. The molecule has 0 aliphatic heterocycles. The van der Waals surface area contributed by atoms with Crippen molar-refractivity contribution in [3.63, 3.8) is 0 Å². The zero-order chi connectivity index (χ0) is 30.9. The standard InChI is InChI=1S/C44H27NS2/c1-2-14-30(15-3-1)45(39-22-10-13-28-12-4-5-16-31(28)39)40-27-38-37-26-29(24-25-42(37)47-44(38)35-19-7-6-17-33(35)40)32-20-11-21-36-34-18-8-9-23-41(34)46-43(32)36/h1-27H. The topological polar surface area (TPSA) is 3.24 Å². The van der Waals surface area contributed by atoms with Crippen LogP contribution in [0.25, 0.3) is 73.0 Å². The van der Waals surface area contributed by atoms with E-state index in [-0.39, 0.29) is 0 Å². The van der Waals surface area contributed by atoms with E-state index in [0.29, 0.717) is 0 Å². The van der Waals surface area contributed by atoms with Crippen LogP contribution < -0.4 is 4.90 Å². The van der Waals surface area contributed by atoms with Crippen molar-refractivity contribution >= 4 is 102 Å². The van der Waals surface area contributed by atoms with Gasteiger partial charge in [0.05, 0.1) is 11.4 Å². The predicted molar refractivity (Wildman–Crippen MR) is 207 cm³/mol. The molecule has 220 valence electrons. The Morgan fingerprint density at radius 3 is 1.89 bits per heavy atom. The number of hydrogen-bond acceptors (Lipinski definition) is 3. The van der Waals surface area contributed by atoms with Gasteiger partial charge in [-0.3, -0.25) is 0 Å². The van der Waals surface area contributed by atoms with Gasteiger partial charge in [-0.1, -0.05) is 121 Å². The number of thiophene rings is 2. The Morgan fingerprint density at radius 2 is 1.00 bits per heavy atom. The maximum absolute atomic E-state index is 2.45. The van der Waals surface area contributed by atoms with Gasteiger partial charge in [0.2, 0.25) is 0 Å². The van der Waals surface area contributed by atoms with Crippen LogP contribution in [0.3, 0.4) is 0 Å². The zero-order valence-corrected chi connectivity index (χ0v) is 27.0. The lowest BCUT2D eigenvalue weighted by Gasteiger charge is -2.28. The van der Waals surface area contributed by atoms with Crippen LogP contribution in [0.4, 0.5) is 17.1 Å². The fraction of sp³-hybridized carbons (Fsp3) is 0. The number of rotatable bonds is 4. The molecule has 0 spiro atoms. The Balaban J connectivity index is 1.27. The zero-order valence-electron chi connectivity index (χ0n) is 25.4. The van der Waals surface area contributed by atoms with Gasteiger partial charge >= 0.3 is 0 Å². The molecule has 0 aliphatic rings. The number of fused-ring (bicyclic) bond motifs is 9. The van der Waals surface area contributed by atoms with E-state index in [1.54, 1.807) is 0 Å². The summed E-state index contributed by atoms with van der Waals surface area (Å²) in [4.78, 5) is 2.45. The Labute approximate surface area is 280 Å². The second-order valence-electron chi connectivity index (χ2n) is 12.1. The molecule has 0 fully saturated rings. The Kier molecular flexibility index (Phi) is 5.98. The van der Waals surface area contributed by atoms with Crippen LogP contribution >= 0.6 is 22.7 Å². The first kappa shape index (κ1) is 26.7. The molecule has 0 radical (unpaired) electrons. The minimum atomic E-state index is 1.14. The number of para-hydroxylation sites is 1. The molecular formula is C44H27NS2. The molecule has 10 aromatic rings. The third-order valence-electron chi connectivity index (χ3n) is 9.43. The first-order valence-corrected chi connectivity index (χ1v) is 17.6. The summed E-state index contributed by atoms with van der Waals surface area (Å²) in [6, 6.07) is 60.1. The fourth-order valence-electron chi connectivity index (χ4n) is 7.29. The highest BCUT2D eigenvalue weighted by atomic mass is 32.1. The van der Waals surface area contributed by atoms with Gasteiger partial charge in [-0.25, -0.2) is 0 Å². The summed E-state index contributed by atoms with van der Waals surface area (Å²) in [7, 11) is 0. The number of benzene rings is 8. The lowest BCUT2D eigenvalue weighted by molar-refractivity contribution is 1.32. The third-order valence-corrected chi connectivity index (χ3v) is 11.9. The van der Waals surface area contributed by atoms with Crippen molar-refractivity contribution in [3.05, 3.63) is 164 Å². The Bertz CT molecular complexity index is 2800. The van der Waals surface area contributed by atoms with E-state index < -0.39 is 0 Å². The maximum atomic E-state index is 2.45. The molecule has 3 heteroatoms. The van der Waals surface area contributed by atoms with Gasteiger partial charge in [0, 0.05) is 62.2 Å². The molecule has 1 nitrogen and oxygen atoms in total. The number of hydrogen-bond donors (Lipinski definition) is 0. The molecule has 2 aromatic heterocycles. The molecule has 10 rings (SSSR count). The number of anilines is 3. The maximum Gasteiger partial charge on any atom is 0.0547 e. The van der Waals surface area contributed by atoms with Crippen molar-refractivity contribution in [2.75, 3.05) is 4.90 Å². The van der Waals surface area contributed by atoms with Gasteiger partial charge in [0.1, 0.15) is 0 Å². The van der Waals surface area contributed by atoms with E-state index in [0.717, 1.165) is 5.69 Å². The van der Waals surface area contributed by atoms with Gasteiger partial charge < -0.3 is 4.90 Å². The predicted octanol–water partition coefficient (Wildman–Crippen LogP) is 13.9. The second kappa shape index (κ2) is 10.5. The lowest BCUT2D eigenvalue weighted by atomic mass is 9.98. The third kappa shape index (κ3) is 4.14. The van der Waals surface area contributed by atoms with Crippen LogP contribution in [-0.2, 0) is 0 Å². The van der Waals surface area contributed by atoms with Crippen molar-refractivity contribution in [2.45, 2.75) is 0 Å². The highest BCUT2D eigenvalue weighted by Crippen LogP contribution is 2.48. The van der Waals surface area contributed by atoms with E-state index in [2.05, 4.69) is 169 Å². The molecule has 0 saturated heterocycles. The van der Waals surface area contributed by atoms with Crippen LogP contribution in [-0.4, -0.2) is 0 Å². The van der Waals surface area contributed by atoms with Gasteiger partial charge in [-0.05, 0) is 59.0 Å². The summed E-state index contributed by atoms with van der Waals surface area (Å²) in [5.74, 6) is 0. The van der Waals surface area contributed by atoms with E-state index >= 15 is 0 Å². The Morgan fingerprint density at radius 1 is 0.362 bits per heavy atom. The van der Waals surface area contributed by atoms with Crippen LogP contribution in [0.5, 0.6) is 0 Å². The molecule has 0 unspecified atom stereocenters. The van der Waals surface area contributed by atoms with E-state index in [1.165, 1.54) is 84.4 Å². The summed E-state index contributed by atoms with van der Waals surface area (Å²) in [5.41, 5.74) is 6.07. The van der Waals surface area contributed by atoms with Gasteiger partial charge in [-0.2, -0.15) is 0 Å². The second-order valence-corrected chi connectivity index (χ2v) is 14.2. The first-order valence-electron chi connectivity index (χ1n) is 15.9. The average molecular weight is 634 g/mol. The van der Waals surface area contributed by atoms with E-state index in [1.807, 2.05) is 22.7 Å². The molecule has 47 heavy (non-hydrogen) atoms. The van der Waals surface area contributed by atoms with Crippen molar-refractivity contribution in [1.29, 1.82) is 0 Å². The lowest BCUT2D eigenvalue weighted by Crippen LogP contribution is -2.11. The largest absolute Gasteiger partial charge is 0.309 e. The highest BCUT2D eigenvalue weighted by molar-refractivity contribution is 7.27. The Hall–Kier alpha value is -5.48. The van der Waals surface area contributed by atoms with Crippen molar-refractivity contribution in [1.82, 2.24) is 0 Å². The monoisotopic (exact) mass is 633 g/mol. The summed E-state index contributed by atoms with van der Waals surface area (Å²) >= 11 is 3.80.